The van der Waals surface area contributed by atoms with Crippen molar-refractivity contribution in [1.29, 1.82) is 0 Å². The van der Waals surface area contributed by atoms with Crippen LogP contribution in [-0.2, 0) is 4.74 Å². The van der Waals surface area contributed by atoms with E-state index in [2.05, 4.69) is 36.4 Å². The number of methoxy groups -OCH3 is 1. The topological polar surface area (TPSA) is 38.7 Å². The van der Waals surface area contributed by atoms with Gasteiger partial charge in [-0.25, -0.2) is 4.79 Å². The third-order valence-corrected chi connectivity index (χ3v) is 9.20. The summed E-state index contributed by atoms with van der Waals surface area (Å²) in [5, 5.41) is 5.30. The molecule has 4 rings (SSSR count). The van der Waals surface area contributed by atoms with Crippen molar-refractivity contribution in [3.05, 3.63) is 107 Å². The zero-order valence-corrected chi connectivity index (χ0v) is 17.6. The van der Waals surface area contributed by atoms with E-state index in [4.69, 9.17) is 9.48 Å². The minimum absolute atomic E-state index is 0.356. The number of rotatable bonds is 5. The Bertz CT molecular complexity index is 1050. The Kier molecular flexibility index (Phi) is 5.75. The van der Waals surface area contributed by atoms with Gasteiger partial charge in [0, 0.05) is 15.9 Å². The Labute approximate surface area is 174 Å². The molecule has 5 heteroatoms. The summed E-state index contributed by atoms with van der Waals surface area (Å²) in [7, 11) is -0.993. The molecule has 3 aromatic carbocycles. The smallest absolute Gasteiger partial charge is 0.350 e. The van der Waals surface area contributed by atoms with Crippen molar-refractivity contribution in [1.82, 2.24) is 0 Å². The van der Waals surface area contributed by atoms with Gasteiger partial charge in [0.2, 0.25) is 0 Å². The first-order valence-corrected chi connectivity index (χ1v) is 11.8. The van der Waals surface area contributed by atoms with Crippen molar-refractivity contribution in [2.45, 2.75) is 0 Å². The summed E-state index contributed by atoms with van der Waals surface area (Å²) in [6, 6.07) is 33.0. The van der Waals surface area contributed by atoms with E-state index >= 15 is 0 Å². The highest BCUT2D eigenvalue weighted by Gasteiger charge is 2.28. The van der Waals surface area contributed by atoms with Gasteiger partial charge >= 0.3 is 5.97 Å². The van der Waals surface area contributed by atoms with Crippen LogP contribution in [0.25, 0.3) is 0 Å². The van der Waals surface area contributed by atoms with Gasteiger partial charge in [-0.3, -0.25) is 4.74 Å². The monoisotopic (exact) mass is 417 g/mol. The van der Waals surface area contributed by atoms with Crippen molar-refractivity contribution in [2.24, 2.45) is 4.74 Å². The predicted octanol–water partition coefficient (Wildman–Crippen LogP) is 5.34. The molecule has 1 heterocycles. The standard InChI is InChI=1S/C24H20NO2PS/c1-27-24(26)23-22(17-18-29-23)25-28(19-11-5-2-6-12-19,20-13-7-3-8-14-20)21-15-9-4-10-16-21/h2-18H,1H3. The number of carbonyl (C=O) groups excluding carboxylic acids is 1. The molecule has 0 bridgehead atoms. The predicted molar refractivity (Wildman–Crippen MR) is 123 cm³/mol. The number of thiophene rings is 1. The Morgan fingerprint density at radius 2 is 1.21 bits per heavy atom. The largest absolute Gasteiger partial charge is 0.465 e. The van der Waals surface area contributed by atoms with Crippen LogP contribution in [0.2, 0.25) is 0 Å². The summed E-state index contributed by atoms with van der Waals surface area (Å²) < 4.78 is 10.3. The molecule has 0 atom stereocenters. The van der Waals surface area contributed by atoms with E-state index in [-0.39, 0.29) is 5.97 Å². The number of esters is 1. The normalized spacial score (nSPS) is 11.1. The van der Waals surface area contributed by atoms with E-state index in [1.807, 2.05) is 66.0 Å². The minimum atomic E-state index is -2.40. The Morgan fingerprint density at radius 1 is 0.759 bits per heavy atom. The van der Waals surface area contributed by atoms with Gasteiger partial charge < -0.3 is 4.74 Å². The fraction of sp³-hybridized carbons (Fsp3) is 0.0417. The zero-order valence-electron chi connectivity index (χ0n) is 15.9. The Hall–Kier alpha value is -2.94. The lowest BCUT2D eigenvalue weighted by Crippen LogP contribution is -2.25. The maximum absolute atomic E-state index is 12.3. The van der Waals surface area contributed by atoms with Crippen LogP contribution >= 0.6 is 18.4 Å². The highest BCUT2D eigenvalue weighted by atomic mass is 32.1. The lowest BCUT2D eigenvalue weighted by atomic mass is 10.4. The molecule has 0 saturated carbocycles. The van der Waals surface area contributed by atoms with E-state index < -0.39 is 7.05 Å². The third-order valence-electron chi connectivity index (χ3n) is 4.66. The van der Waals surface area contributed by atoms with Gasteiger partial charge in [-0.1, -0.05) is 91.0 Å². The molecule has 0 fully saturated rings. The summed E-state index contributed by atoms with van der Waals surface area (Å²) in [5.41, 5.74) is 0.673. The number of nitrogens with zero attached hydrogens (tertiary/aromatic N) is 1. The van der Waals surface area contributed by atoms with Crippen molar-refractivity contribution >= 4 is 46.0 Å². The Morgan fingerprint density at radius 3 is 1.62 bits per heavy atom. The molecule has 0 unspecified atom stereocenters. The number of hydrogen-bond donors (Lipinski definition) is 0. The second-order valence-corrected chi connectivity index (χ2v) is 10.3. The van der Waals surface area contributed by atoms with E-state index in [0.717, 1.165) is 15.9 Å². The van der Waals surface area contributed by atoms with Gasteiger partial charge in [-0.15, -0.1) is 11.3 Å². The van der Waals surface area contributed by atoms with Crippen molar-refractivity contribution in [3.8, 4) is 0 Å². The van der Waals surface area contributed by atoms with Gasteiger partial charge in [0.05, 0.1) is 19.9 Å². The number of carbonyl (C=O) groups is 1. The van der Waals surface area contributed by atoms with Gasteiger partial charge in [0.25, 0.3) is 0 Å². The zero-order chi connectivity index (χ0) is 20.1. The summed E-state index contributed by atoms with van der Waals surface area (Å²) in [5.74, 6) is -0.356. The molecule has 0 amide bonds. The molecular formula is C24H20NO2PS. The van der Waals surface area contributed by atoms with Crippen LogP contribution in [0.3, 0.4) is 0 Å². The van der Waals surface area contributed by atoms with E-state index in [9.17, 15) is 4.79 Å². The quantitative estimate of drug-likeness (QED) is 0.325. The van der Waals surface area contributed by atoms with Crippen LogP contribution in [0, 0.1) is 0 Å². The summed E-state index contributed by atoms with van der Waals surface area (Å²) >= 11 is 1.36. The SMILES string of the molecule is COC(=O)c1sccc1N=P(c1ccccc1)(c1ccccc1)c1ccccc1. The average molecular weight is 417 g/mol. The number of hydrogen-bond acceptors (Lipinski definition) is 4. The lowest BCUT2D eigenvalue weighted by Gasteiger charge is -2.26. The van der Waals surface area contributed by atoms with Crippen molar-refractivity contribution < 1.29 is 9.53 Å². The molecule has 0 radical (unpaired) electrons. The van der Waals surface area contributed by atoms with Gasteiger partial charge in [-0.05, 0) is 11.4 Å². The summed E-state index contributed by atoms with van der Waals surface area (Å²) in [4.78, 5) is 12.9. The Balaban J connectivity index is 2.12. The maximum atomic E-state index is 12.3. The first kappa shape index (κ1) is 19.4. The molecule has 0 aliphatic rings. The van der Waals surface area contributed by atoms with Crippen LogP contribution in [0.1, 0.15) is 9.67 Å². The molecule has 3 nitrogen and oxygen atoms in total. The summed E-state index contributed by atoms with van der Waals surface area (Å²) in [6.07, 6.45) is 0. The molecule has 4 aromatic rings. The molecular weight excluding hydrogens is 397 g/mol. The molecule has 0 spiro atoms. The van der Waals surface area contributed by atoms with Gasteiger partial charge in [-0.2, -0.15) is 0 Å². The number of ether oxygens (including phenoxy) is 1. The first-order chi connectivity index (χ1) is 14.3. The highest BCUT2D eigenvalue weighted by molar-refractivity contribution is 7.87. The molecule has 29 heavy (non-hydrogen) atoms. The molecule has 1 aromatic heterocycles. The molecule has 0 aliphatic heterocycles. The molecule has 0 saturated heterocycles. The summed E-state index contributed by atoms with van der Waals surface area (Å²) in [6.45, 7) is 0. The molecule has 0 N–H and O–H groups in total. The van der Waals surface area contributed by atoms with Crippen LogP contribution in [0.15, 0.2) is 107 Å². The van der Waals surface area contributed by atoms with Crippen LogP contribution < -0.4 is 15.9 Å². The van der Waals surface area contributed by atoms with Crippen LogP contribution in [0.5, 0.6) is 0 Å². The molecule has 0 aliphatic carbocycles. The second-order valence-electron chi connectivity index (χ2n) is 6.37. The minimum Gasteiger partial charge on any atom is -0.465 e. The van der Waals surface area contributed by atoms with Crippen molar-refractivity contribution in [2.75, 3.05) is 7.11 Å². The van der Waals surface area contributed by atoms with E-state index in [1.54, 1.807) is 0 Å². The molecule has 144 valence electrons. The third kappa shape index (κ3) is 3.69. The second kappa shape index (κ2) is 8.60. The number of benzene rings is 3. The van der Waals surface area contributed by atoms with Gasteiger partial charge in [0.15, 0.2) is 0 Å². The highest BCUT2D eigenvalue weighted by Crippen LogP contribution is 2.50. The van der Waals surface area contributed by atoms with Gasteiger partial charge in [0.1, 0.15) is 4.88 Å². The van der Waals surface area contributed by atoms with Crippen LogP contribution in [0.4, 0.5) is 5.69 Å². The fourth-order valence-corrected chi connectivity index (χ4v) is 7.70. The van der Waals surface area contributed by atoms with Crippen molar-refractivity contribution in [3.63, 3.8) is 0 Å². The fourth-order valence-electron chi connectivity index (χ4n) is 3.34. The van der Waals surface area contributed by atoms with E-state index in [0.29, 0.717) is 10.6 Å². The maximum Gasteiger partial charge on any atom is 0.350 e. The van der Waals surface area contributed by atoms with Crippen LogP contribution in [-0.4, -0.2) is 13.1 Å². The average Bonchev–Trinajstić information content (AvgIpc) is 3.27. The lowest BCUT2D eigenvalue weighted by molar-refractivity contribution is 0.0607. The van der Waals surface area contributed by atoms with E-state index in [1.165, 1.54) is 18.4 Å². The first-order valence-electron chi connectivity index (χ1n) is 9.20.